The van der Waals surface area contributed by atoms with Gasteiger partial charge in [0.1, 0.15) is 17.3 Å². The molecule has 1 aromatic heterocycles. The fourth-order valence-corrected chi connectivity index (χ4v) is 2.34. The summed E-state index contributed by atoms with van der Waals surface area (Å²) >= 11 is 6.08. The quantitative estimate of drug-likeness (QED) is 0.838. The zero-order valence-corrected chi connectivity index (χ0v) is 13.9. The van der Waals surface area contributed by atoms with E-state index in [1.54, 1.807) is 13.0 Å². The van der Waals surface area contributed by atoms with Crippen LogP contribution < -0.4 is 15.8 Å². The lowest BCUT2D eigenvalue weighted by atomic mass is 10.1. The SMILES string of the molecule is CCOc1nc(C(=O)NCCc2ccccc2Cl)cc(N)c1C#N. The van der Waals surface area contributed by atoms with Crippen molar-refractivity contribution in [3.05, 3.63) is 52.2 Å². The highest BCUT2D eigenvalue weighted by Crippen LogP contribution is 2.22. The number of hydrogen-bond donors (Lipinski definition) is 2. The van der Waals surface area contributed by atoms with Gasteiger partial charge in [-0.25, -0.2) is 4.98 Å². The maximum absolute atomic E-state index is 12.2. The lowest BCUT2D eigenvalue weighted by Gasteiger charge is -2.10. The molecular formula is C17H17ClN4O2. The largest absolute Gasteiger partial charge is 0.477 e. The number of pyridine rings is 1. The van der Waals surface area contributed by atoms with E-state index in [0.717, 1.165) is 5.56 Å². The number of hydrogen-bond acceptors (Lipinski definition) is 5. The molecule has 0 aliphatic carbocycles. The predicted molar refractivity (Wildman–Crippen MR) is 92.0 cm³/mol. The summed E-state index contributed by atoms with van der Waals surface area (Å²) in [5.41, 5.74) is 7.14. The normalized spacial score (nSPS) is 10.0. The molecule has 7 heteroatoms. The van der Waals surface area contributed by atoms with Crippen molar-refractivity contribution in [1.82, 2.24) is 10.3 Å². The molecule has 0 bridgehead atoms. The first-order chi connectivity index (χ1) is 11.6. The molecule has 24 heavy (non-hydrogen) atoms. The van der Waals surface area contributed by atoms with Gasteiger partial charge in [-0.1, -0.05) is 29.8 Å². The average molecular weight is 345 g/mol. The highest BCUT2D eigenvalue weighted by molar-refractivity contribution is 6.31. The van der Waals surface area contributed by atoms with Crippen LogP contribution in [0.4, 0.5) is 5.69 Å². The third-order valence-corrected chi connectivity index (χ3v) is 3.65. The van der Waals surface area contributed by atoms with Crippen LogP contribution >= 0.6 is 11.6 Å². The molecule has 0 aliphatic rings. The summed E-state index contributed by atoms with van der Waals surface area (Å²) in [5.74, 6) is -0.324. The summed E-state index contributed by atoms with van der Waals surface area (Å²) in [6.07, 6.45) is 0.593. The number of carbonyl (C=O) groups excluding carboxylic acids is 1. The van der Waals surface area contributed by atoms with E-state index in [2.05, 4.69) is 10.3 Å². The number of amides is 1. The fourth-order valence-electron chi connectivity index (χ4n) is 2.11. The summed E-state index contributed by atoms with van der Waals surface area (Å²) in [6.45, 7) is 2.47. The Bertz CT molecular complexity index is 787. The zero-order chi connectivity index (χ0) is 17.5. The molecule has 124 valence electrons. The van der Waals surface area contributed by atoms with E-state index < -0.39 is 0 Å². The molecule has 6 nitrogen and oxygen atoms in total. The van der Waals surface area contributed by atoms with E-state index in [0.29, 0.717) is 24.6 Å². The molecule has 1 amide bonds. The fraction of sp³-hybridized carbons (Fsp3) is 0.235. The molecule has 0 spiro atoms. The first-order valence-electron chi connectivity index (χ1n) is 7.41. The van der Waals surface area contributed by atoms with Crippen molar-refractivity contribution in [2.24, 2.45) is 0 Å². The summed E-state index contributed by atoms with van der Waals surface area (Å²) in [4.78, 5) is 16.3. The van der Waals surface area contributed by atoms with Gasteiger partial charge in [0, 0.05) is 11.6 Å². The Morgan fingerprint density at radius 3 is 2.88 bits per heavy atom. The van der Waals surface area contributed by atoms with Crippen molar-refractivity contribution in [1.29, 1.82) is 5.26 Å². The van der Waals surface area contributed by atoms with E-state index in [-0.39, 0.29) is 28.7 Å². The molecule has 0 saturated carbocycles. The minimum Gasteiger partial charge on any atom is -0.477 e. The summed E-state index contributed by atoms with van der Waals surface area (Å²) < 4.78 is 5.28. The number of halogens is 1. The highest BCUT2D eigenvalue weighted by Gasteiger charge is 2.16. The Hall–Kier alpha value is -2.78. The second-order valence-electron chi connectivity index (χ2n) is 4.92. The van der Waals surface area contributed by atoms with Gasteiger partial charge in [0.15, 0.2) is 0 Å². The standard InChI is InChI=1S/C17H17ClN4O2/c1-2-24-17-12(10-19)14(20)9-15(22-17)16(23)21-8-7-11-5-3-4-6-13(11)18/h3-6,9H,2,7-8H2,1H3,(H2,20,22)(H,21,23). The number of benzene rings is 1. The van der Waals surface area contributed by atoms with E-state index in [1.807, 2.05) is 24.3 Å². The maximum Gasteiger partial charge on any atom is 0.270 e. The lowest BCUT2D eigenvalue weighted by Crippen LogP contribution is -2.27. The molecule has 0 unspecified atom stereocenters. The predicted octanol–water partition coefficient (Wildman–Crippen LogP) is 2.56. The van der Waals surface area contributed by atoms with E-state index in [1.165, 1.54) is 6.07 Å². The number of aromatic nitrogens is 1. The molecule has 3 N–H and O–H groups in total. The van der Waals surface area contributed by atoms with Gasteiger partial charge in [0.2, 0.25) is 5.88 Å². The third kappa shape index (κ3) is 4.15. The molecule has 0 aliphatic heterocycles. The van der Waals surface area contributed by atoms with Crippen LogP contribution in [0.3, 0.4) is 0 Å². The Morgan fingerprint density at radius 2 is 2.21 bits per heavy atom. The van der Waals surface area contributed by atoms with Crippen molar-refractivity contribution in [3.8, 4) is 11.9 Å². The number of nitrogens with one attached hydrogen (secondary N) is 1. The van der Waals surface area contributed by atoms with Crippen LogP contribution in [0, 0.1) is 11.3 Å². The molecule has 1 aromatic carbocycles. The van der Waals surface area contributed by atoms with Crippen LogP contribution in [0.1, 0.15) is 28.5 Å². The molecule has 1 heterocycles. The first kappa shape index (κ1) is 17.6. The maximum atomic E-state index is 12.2. The second-order valence-corrected chi connectivity index (χ2v) is 5.33. The summed E-state index contributed by atoms with van der Waals surface area (Å²) in [6, 6.07) is 10.7. The van der Waals surface area contributed by atoms with Gasteiger partial charge < -0.3 is 15.8 Å². The van der Waals surface area contributed by atoms with E-state index in [4.69, 9.17) is 27.3 Å². The Kier molecular flexibility index (Phi) is 5.99. The number of anilines is 1. The van der Waals surface area contributed by atoms with Crippen LogP contribution in [0.15, 0.2) is 30.3 Å². The Morgan fingerprint density at radius 1 is 1.46 bits per heavy atom. The van der Waals surface area contributed by atoms with Gasteiger partial charge in [-0.05, 0) is 31.0 Å². The lowest BCUT2D eigenvalue weighted by molar-refractivity contribution is 0.0948. The summed E-state index contributed by atoms with van der Waals surface area (Å²) in [5, 5.41) is 12.5. The topological polar surface area (TPSA) is 101 Å². The van der Waals surface area contributed by atoms with Crippen molar-refractivity contribution in [2.75, 3.05) is 18.9 Å². The highest BCUT2D eigenvalue weighted by atomic mass is 35.5. The average Bonchev–Trinajstić information content (AvgIpc) is 2.56. The van der Waals surface area contributed by atoms with Crippen molar-refractivity contribution < 1.29 is 9.53 Å². The van der Waals surface area contributed by atoms with Crippen molar-refractivity contribution in [3.63, 3.8) is 0 Å². The zero-order valence-electron chi connectivity index (χ0n) is 13.2. The molecule has 0 radical (unpaired) electrons. The van der Waals surface area contributed by atoms with Gasteiger partial charge in [-0.15, -0.1) is 0 Å². The van der Waals surface area contributed by atoms with Crippen LogP contribution in [-0.2, 0) is 6.42 Å². The summed E-state index contributed by atoms with van der Waals surface area (Å²) in [7, 11) is 0. The van der Waals surface area contributed by atoms with Crippen LogP contribution in [0.2, 0.25) is 5.02 Å². The first-order valence-corrected chi connectivity index (χ1v) is 7.79. The monoisotopic (exact) mass is 344 g/mol. The van der Waals surface area contributed by atoms with Crippen LogP contribution in [-0.4, -0.2) is 24.0 Å². The van der Waals surface area contributed by atoms with Crippen LogP contribution in [0.5, 0.6) is 5.88 Å². The number of nitriles is 1. The number of rotatable bonds is 6. The van der Waals surface area contributed by atoms with Crippen LogP contribution in [0.25, 0.3) is 0 Å². The van der Waals surface area contributed by atoms with Crippen molar-refractivity contribution >= 4 is 23.2 Å². The number of ether oxygens (including phenoxy) is 1. The second kappa shape index (κ2) is 8.18. The number of nitrogens with zero attached hydrogens (tertiary/aromatic N) is 2. The van der Waals surface area contributed by atoms with Gasteiger partial charge in [0.25, 0.3) is 5.91 Å². The molecule has 0 atom stereocenters. The van der Waals surface area contributed by atoms with E-state index >= 15 is 0 Å². The number of carbonyl (C=O) groups is 1. The molecule has 0 saturated heterocycles. The Balaban J connectivity index is 2.07. The molecule has 2 aromatic rings. The molecule has 2 rings (SSSR count). The number of nitrogens with two attached hydrogens (primary N) is 1. The smallest absolute Gasteiger partial charge is 0.270 e. The minimum absolute atomic E-state index is 0.0660. The molecular weight excluding hydrogens is 328 g/mol. The van der Waals surface area contributed by atoms with Gasteiger partial charge in [0.05, 0.1) is 12.3 Å². The minimum atomic E-state index is -0.390. The van der Waals surface area contributed by atoms with E-state index in [9.17, 15) is 4.79 Å². The van der Waals surface area contributed by atoms with Gasteiger partial charge in [-0.2, -0.15) is 5.26 Å². The Labute approximate surface area is 145 Å². The van der Waals surface area contributed by atoms with Gasteiger partial charge >= 0.3 is 0 Å². The molecule has 0 fully saturated rings. The number of nitrogen functional groups attached to an aromatic ring is 1. The van der Waals surface area contributed by atoms with Crippen molar-refractivity contribution in [2.45, 2.75) is 13.3 Å². The third-order valence-electron chi connectivity index (χ3n) is 3.28. The van der Waals surface area contributed by atoms with Gasteiger partial charge in [-0.3, -0.25) is 4.79 Å².